The number of benzene rings is 1. The lowest BCUT2D eigenvalue weighted by molar-refractivity contribution is 0.254. The highest BCUT2D eigenvalue weighted by Gasteiger charge is 2.18. The van der Waals surface area contributed by atoms with E-state index >= 15 is 0 Å². The fourth-order valence-corrected chi connectivity index (χ4v) is 3.05. The molecule has 1 aromatic carbocycles. The number of halogens is 2. The average Bonchev–Trinajstić information content (AvgIpc) is 2.59. The average molecular weight is 367 g/mol. The van der Waals surface area contributed by atoms with Gasteiger partial charge in [-0.1, -0.05) is 41.9 Å². The van der Waals surface area contributed by atoms with Crippen LogP contribution >= 0.6 is 24.0 Å². The summed E-state index contributed by atoms with van der Waals surface area (Å²) in [4.78, 5) is 4.83. The van der Waals surface area contributed by atoms with E-state index in [0.29, 0.717) is 5.15 Å². The number of nitrogens with zero attached hydrogens (tertiary/aromatic N) is 4. The van der Waals surface area contributed by atoms with E-state index in [1.807, 2.05) is 13.0 Å². The molecule has 1 saturated heterocycles. The van der Waals surface area contributed by atoms with Crippen molar-refractivity contribution in [3.63, 3.8) is 0 Å². The molecule has 0 N–H and O–H groups in total. The van der Waals surface area contributed by atoms with Gasteiger partial charge in [-0.3, -0.25) is 4.90 Å². The van der Waals surface area contributed by atoms with Crippen LogP contribution in [0.15, 0.2) is 36.4 Å². The minimum Gasteiger partial charge on any atom is -0.353 e. The molecule has 0 unspecified atom stereocenters. The molecule has 1 aromatic heterocycles. The summed E-state index contributed by atoms with van der Waals surface area (Å²) in [5.74, 6) is 0.941. The van der Waals surface area contributed by atoms with Crippen molar-refractivity contribution >= 4 is 29.8 Å². The van der Waals surface area contributed by atoms with Gasteiger partial charge in [0.1, 0.15) is 0 Å². The SMILES string of the molecule is Cc1cc(N2CCN(CCCc3ccccc3)CC2)nnc1Cl.Cl. The molecule has 3 rings (SSSR count). The lowest BCUT2D eigenvalue weighted by Gasteiger charge is -2.35. The molecular formula is C18H24Cl2N4. The zero-order valence-corrected chi connectivity index (χ0v) is 15.6. The van der Waals surface area contributed by atoms with Crippen molar-refractivity contribution in [1.82, 2.24) is 15.1 Å². The molecule has 0 aliphatic carbocycles. The van der Waals surface area contributed by atoms with Crippen LogP contribution in [0.25, 0.3) is 0 Å². The van der Waals surface area contributed by atoms with Gasteiger partial charge in [0, 0.05) is 26.2 Å². The molecule has 24 heavy (non-hydrogen) atoms. The van der Waals surface area contributed by atoms with E-state index in [2.05, 4.69) is 50.3 Å². The third-order valence-electron chi connectivity index (χ3n) is 4.39. The summed E-state index contributed by atoms with van der Waals surface area (Å²) in [6, 6.07) is 12.7. The second kappa shape index (κ2) is 9.21. The Kier molecular flexibility index (Phi) is 7.28. The number of rotatable bonds is 5. The molecule has 0 saturated carbocycles. The maximum absolute atomic E-state index is 5.95. The number of hydrogen-bond donors (Lipinski definition) is 0. The van der Waals surface area contributed by atoms with Gasteiger partial charge in [-0.25, -0.2) is 0 Å². The zero-order chi connectivity index (χ0) is 16.1. The van der Waals surface area contributed by atoms with Crippen molar-refractivity contribution in [2.45, 2.75) is 19.8 Å². The van der Waals surface area contributed by atoms with E-state index in [9.17, 15) is 0 Å². The normalized spacial score (nSPS) is 15.2. The molecule has 0 radical (unpaired) electrons. The van der Waals surface area contributed by atoms with Gasteiger partial charge in [0.25, 0.3) is 0 Å². The van der Waals surface area contributed by atoms with E-state index < -0.39 is 0 Å². The summed E-state index contributed by atoms with van der Waals surface area (Å²) in [6.07, 6.45) is 2.37. The minimum atomic E-state index is 0. The monoisotopic (exact) mass is 366 g/mol. The van der Waals surface area contributed by atoms with Crippen molar-refractivity contribution in [3.8, 4) is 0 Å². The van der Waals surface area contributed by atoms with Gasteiger partial charge in [-0.15, -0.1) is 22.6 Å². The Hall–Kier alpha value is -1.36. The quantitative estimate of drug-likeness (QED) is 0.808. The van der Waals surface area contributed by atoms with Crippen LogP contribution in [0.1, 0.15) is 17.5 Å². The summed E-state index contributed by atoms with van der Waals surface area (Å²) >= 11 is 5.95. The van der Waals surface area contributed by atoms with Crippen LogP contribution in [0.4, 0.5) is 5.82 Å². The number of piperazine rings is 1. The molecule has 0 bridgehead atoms. The maximum atomic E-state index is 5.95. The van der Waals surface area contributed by atoms with Crippen LogP contribution in [0.3, 0.4) is 0 Å². The van der Waals surface area contributed by atoms with Crippen LogP contribution in [0, 0.1) is 6.92 Å². The Balaban J connectivity index is 0.00000208. The first-order valence-electron chi connectivity index (χ1n) is 8.23. The molecule has 4 nitrogen and oxygen atoms in total. The van der Waals surface area contributed by atoms with Gasteiger partial charge < -0.3 is 4.90 Å². The van der Waals surface area contributed by atoms with Crippen molar-refractivity contribution < 1.29 is 0 Å². The van der Waals surface area contributed by atoms with E-state index in [-0.39, 0.29) is 12.4 Å². The molecule has 0 spiro atoms. The summed E-state index contributed by atoms with van der Waals surface area (Å²) in [5.41, 5.74) is 2.42. The molecule has 130 valence electrons. The van der Waals surface area contributed by atoms with Crippen LogP contribution in [-0.2, 0) is 6.42 Å². The maximum Gasteiger partial charge on any atom is 0.154 e. The Morgan fingerprint density at radius 2 is 1.75 bits per heavy atom. The van der Waals surface area contributed by atoms with Crippen molar-refractivity contribution in [2.24, 2.45) is 0 Å². The van der Waals surface area contributed by atoms with Crippen molar-refractivity contribution in [3.05, 3.63) is 52.7 Å². The Morgan fingerprint density at radius 3 is 2.42 bits per heavy atom. The van der Waals surface area contributed by atoms with E-state index in [4.69, 9.17) is 11.6 Å². The van der Waals surface area contributed by atoms with Gasteiger partial charge in [0.2, 0.25) is 0 Å². The van der Waals surface area contributed by atoms with Gasteiger partial charge in [-0.2, -0.15) is 0 Å². The first kappa shape index (κ1) is 19.0. The predicted molar refractivity (Wildman–Crippen MR) is 102 cm³/mol. The second-order valence-electron chi connectivity index (χ2n) is 6.09. The van der Waals surface area contributed by atoms with E-state index in [1.54, 1.807) is 0 Å². The predicted octanol–water partition coefficient (Wildman–Crippen LogP) is 3.62. The summed E-state index contributed by atoms with van der Waals surface area (Å²) < 4.78 is 0. The molecule has 2 aromatic rings. The molecule has 0 amide bonds. The highest BCUT2D eigenvalue weighted by Crippen LogP contribution is 2.18. The Morgan fingerprint density at radius 1 is 1.04 bits per heavy atom. The topological polar surface area (TPSA) is 32.3 Å². The second-order valence-corrected chi connectivity index (χ2v) is 6.45. The van der Waals surface area contributed by atoms with Crippen LogP contribution in [0.2, 0.25) is 5.15 Å². The van der Waals surface area contributed by atoms with Gasteiger partial charge in [0.15, 0.2) is 11.0 Å². The third kappa shape index (κ3) is 5.07. The van der Waals surface area contributed by atoms with Crippen LogP contribution < -0.4 is 4.90 Å². The molecule has 1 aliphatic rings. The number of aromatic nitrogens is 2. The fourth-order valence-electron chi connectivity index (χ4n) is 2.96. The van der Waals surface area contributed by atoms with Gasteiger partial charge >= 0.3 is 0 Å². The molecule has 1 fully saturated rings. The number of anilines is 1. The van der Waals surface area contributed by atoms with Crippen molar-refractivity contribution in [2.75, 3.05) is 37.6 Å². The molecular weight excluding hydrogens is 343 g/mol. The molecule has 1 aliphatic heterocycles. The first-order valence-corrected chi connectivity index (χ1v) is 8.61. The highest BCUT2D eigenvalue weighted by atomic mass is 35.5. The first-order chi connectivity index (χ1) is 11.2. The Bertz CT molecular complexity index is 628. The molecule has 6 heteroatoms. The summed E-state index contributed by atoms with van der Waals surface area (Å²) in [6.45, 7) is 7.30. The summed E-state index contributed by atoms with van der Waals surface area (Å²) in [5, 5.41) is 8.73. The standard InChI is InChI=1S/C18H23ClN4.ClH/c1-15-14-17(20-21-18(15)19)23-12-10-22(11-13-23)9-5-8-16-6-3-2-4-7-16;/h2-4,6-7,14H,5,8-13H2,1H3;1H. The van der Waals surface area contributed by atoms with E-state index in [1.165, 1.54) is 12.0 Å². The van der Waals surface area contributed by atoms with Gasteiger partial charge in [-0.05, 0) is 43.5 Å². The third-order valence-corrected chi connectivity index (χ3v) is 4.76. The highest BCUT2D eigenvalue weighted by molar-refractivity contribution is 6.30. The van der Waals surface area contributed by atoms with Gasteiger partial charge in [0.05, 0.1) is 0 Å². The zero-order valence-electron chi connectivity index (χ0n) is 14.0. The molecule has 0 atom stereocenters. The lowest BCUT2D eigenvalue weighted by Crippen LogP contribution is -2.47. The smallest absolute Gasteiger partial charge is 0.154 e. The van der Waals surface area contributed by atoms with E-state index in [0.717, 1.165) is 50.5 Å². The fraction of sp³-hybridized carbons (Fsp3) is 0.444. The number of aryl methyl sites for hydroxylation is 2. The number of hydrogen-bond acceptors (Lipinski definition) is 4. The summed E-state index contributed by atoms with van der Waals surface area (Å²) in [7, 11) is 0. The van der Waals surface area contributed by atoms with Crippen LogP contribution in [-0.4, -0.2) is 47.8 Å². The largest absolute Gasteiger partial charge is 0.353 e. The minimum absolute atomic E-state index is 0. The molecule has 2 heterocycles. The Labute approximate surface area is 155 Å². The van der Waals surface area contributed by atoms with Crippen LogP contribution in [0.5, 0.6) is 0 Å². The lowest BCUT2D eigenvalue weighted by atomic mass is 10.1. The van der Waals surface area contributed by atoms with Crippen molar-refractivity contribution in [1.29, 1.82) is 0 Å².